The van der Waals surface area contributed by atoms with E-state index >= 15 is 0 Å². The molecule has 0 saturated carbocycles. The fourth-order valence-electron chi connectivity index (χ4n) is 3.54. The van der Waals surface area contributed by atoms with Crippen LogP contribution in [0.4, 0.5) is 0 Å². The SMILES string of the molecule is O=C([C@@H]1CCCN1)N1CCC[C@@H]1C[C@H](O)c1ccccc1. The van der Waals surface area contributed by atoms with E-state index < -0.39 is 6.10 Å². The number of nitrogens with one attached hydrogen (secondary N) is 1. The highest BCUT2D eigenvalue weighted by Gasteiger charge is 2.35. The largest absolute Gasteiger partial charge is 0.388 e. The Morgan fingerprint density at radius 1 is 1.29 bits per heavy atom. The molecule has 4 heteroatoms. The Balaban J connectivity index is 1.62. The number of aliphatic hydroxyl groups excluding tert-OH is 1. The Labute approximate surface area is 126 Å². The van der Waals surface area contributed by atoms with E-state index in [1.54, 1.807) is 0 Å². The molecule has 2 fully saturated rings. The van der Waals surface area contributed by atoms with Crippen molar-refractivity contribution in [1.29, 1.82) is 0 Å². The minimum Gasteiger partial charge on any atom is -0.388 e. The van der Waals surface area contributed by atoms with Gasteiger partial charge >= 0.3 is 0 Å². The van der Waals surface area contributed by atoms with Crippen LogP contribution >= 0.6 is 0 Å². The van der Waals surface area contributed by atoms with Crippen LogP contribution in [0.2, 0.25) is 0 Å². The molecule has 0 radical (unpaired) electrons. The zero-order valence-corrected chi connectivity index (χ0v) is 12.4. The highest BCUT2D eigenvalue weighted by Crippen LogP contribution is 2.28. The lowest BCUT2D eigenvalue weighted by Gasteiger charge is -2.29. The topological polar surface area (TPSA) is 52.6 Å². The van der Waals surface area contributed by atoms with Crippen molar-refractivity contribution in [2.24, 2.45) is 0 Å². The van der Waals surface area contributed by atoms with Gasteiger partial charge in [-0.1, -0.05) is 30.3 Å². The molecular formula is C17H24N2O2. The zero-order valence-electron chi connectivity index (χ0n) is 12.4. The molecule has 2 heterocycles. The smallest absolute Gasteiger partial charge is 0.239 e. The van der Waals surface area contributed by atoms with Crippen molar-refractivity contribution < 1.29 is 9.90 Å². The summed E-state index contributed by atoms with van der Waals surface area (Å²) in [5.41, 5.74) is 0.941. The predicted octanol–water partition coefficient (Wildman–Crippen LogP) is 1.85. The standard InChI is InChI=1S/C17H24N2O2/c20-16(13-6-2-1-3-7-13)12-14-8-5-11-19(14)17(21)15-9-4-10-18-15/h1-3,6-7,14-16,18,20H,4-5,8-12H2/t14-,15+,16+/m1/s1. The monoisotopic (exact) mass is 288 g/mol. The van der Waals surface area contributed by atoms with Gasteiger partial charge in [-0.25, -0.2) is 0 Å². The van der Waals surface area contributed by atoms with Gasteiger partial charge < -0.3 is 15.3 Å². The van der Waals surface area contributed by atoms with Crippen molar-refractivity contribution in [3.63, 3.8) is 0 Å². The van der Waals surface area contributed by atoms with Gasteiger partial charge in [-0.2, -0.15) is 0 Å². The van der Waals surface area contributed by atoms with E-state index in [0.29, 0.717) is 6.42 Å². The number of benzene rings is 1. The molecule has 0 aromatic heterocycles. The van der Waals surface area contributed by atoms with Crippen molar-refractivity contribution in [2.75, 3.05) is 13.1 Å². The number of carbonyl (C=O) groups excluding carboxylic acids is 1. The van der Waals surface area contributed by atoms with E-state index in [9.17, 15) is 9.90 Å². The van der Waals surface area contributed by atoms with E-state index in [2.05, 4.69) is 5.32 Å². The number of nitrogens with zero attached hydrogens (tertiary/aromatic N) is 1. The van der Waals surface area contributed by atoms with Gasteiger partial charge in [0.05, 0.1) is 12.1 Å². The third-order valence-electron chi connectivity index (χ3n) is 4.70. The van der Waals surface area contributed by atoms with Crippen molar-refractivity contribution in [3.8, 4) is 0 Å². The molecule has 3 atom stereocenters. The lowest BCUT2D eigenvalue weighted by atomic mass is 10.00. The van der Waals surface area contributed by atoms with Crippen LogP contribution < -0.4 is 5.32 Å². The van der Waals surface area contributed by atoms with E-state index in [4.69, 9.17) is 0 Å². The Morgan fingerprint density at radius 3 is 2.81 bits per heavy atom. The van der Waals surface area contributed by atoms with Crippen LogP contribution in [-0.2, 0) is 4.79 Å². The molecule has 3 rings (SSSR count). The van der Waals surface area contributed by atoms with Gasteiger partial charge in [0, 0.05) is 12.6 Å². The number of carbonyl (C=O) groups is 1. The Kier molecular flexibility index (Phi) is 4.56. The number of amides is 1. The zero-order chi connectivity index (χ0) is 14.7. The fraction of sp³-hybridized carbons (Fsp3) is 0.588. The summed E-state index contributed by atoms with van der Waals surface area (Å²) in [6, 6.07) is 9.91. The first-order valence-corrected chi connectivity index (χ1v) is 8.02. The molecule has 2 aliphatic heterocycles. The molecule has 1 aromatic carbocycles. The number of rotatable bonds is 4. The van der Waals surface area contributed by atoms with Crippen LogP contribution in [0.1, 0.15) is 43.8 Å². The highest BCUT2D eigenvalue weighted by atomic mass is 16.3. The van der Waals surface area contributed by atoms with E-state index in [1.165, 1.54) is 0 Å². The predicted molar refractivity (Wildman–Crippen MR) is 81.8 cm³/mol. The van der Waals surface area contributed by atoms with Crippen LogP contribution in [0.5, 0.6) is 0 Å². The Morgan fingerprint density at radius 2 is 2.10 bits per heavy atom. The number of likely N-dealkylation sites (tertiary alicyclic amines) is 1. The minimum absolute atomic E-state index is 0.000492. The van der Waals surface area contributed by atoms with Crippen LogP contribution in [0.15, 0.2) is 30.3 Å². The summed E-state index contributed by atoms with van der Waals surface area (Å²) < 4.78 is 0. The van der Waals surface area contributed by atoms with Crippen molar-refractivity contribution >= 4 is 5.91 Å². The maximum Gasteiger partial charge on any atom is 0.239 e. The summed E-state index contributed by atoms with van der Waals surface area (Å²) in [4.78, 5) is 14.6. The molecule has 114 valence electrons. The summed E-state index contributed by atoms with van der Waals surface area (Å²) in [5.74, 6) is 0.232. The first-order chi connectivity index (χ1) is 10.3. The molecule has 2 N–H and O–H groups in total. The molecule has 4 nitrogen and oxygen atoms in total. The van der Waals surface area contributed by atoms with Gasteiger partial charge in [0.15, 0.2) is 0 Å². The summed E-state index contributed by atoms with van der Waals surface area (Å²) >= 11 is 0. The number of aliphatic hydroxyl groups is 1. The van der Waals surface area contributed by atoms with Gasteiger partial charge in [0.25, 0.3) is 0 Å². The first-order valence-electron chi connectivity index (χ1n) is 8.02. The van der Waals surface area contributed by atoms with Gasteiger partial charge in [-0.3, -0.25) is 4.79 Å². The molecule has 0 bridgehead atoms. The van der Waals surface area contributed by atoms with Gasteiger partial charge in [0.1, 0.15) is 0 Å². The normalized spacial score (nSPS) is 27.0. The van der Waals surface area contributed by atoms with Crippen molar-refractivity contribution in [2.45, 2.75) is 50.3 Å². The van der Waals surface area contributed by atoms with Crippen LogP contribution in [0.25, 0.3) is 0 Å². The second kappa shape index (κ2) is 6.58. The van der Waals surface area contributed by atoms with Crippen molar-refractivity contribution in [3.05, 3.63) is 35.9 Å². The number of hydrogen-bond acceptors (Lipinski definition) is 3. The highest BCUT2D eigenvalue weighted by molar-refractivity contribution is 5.82. The summed E-state index contributed by atoms with van der Waals surface area (Å²) in [6.45, 7) is 1.78. The lowest BCUT2D eigenvalue weighted by Crippen LogP contribution is -2.46. The molecule has 0 unspecified atom stereocenters. The lowest BCUT2D eigenvalue weighted by molar-refractivity contribution is -0.134. The summed E-state index contributed by atoms with van der Waals surface area (Å²) in [5, 5.41) is 13.7. The molecule has 1 amide bonds. The second-order valence-electron chi connectivity index (χ2n) is 6.14. The van der Waals surface area contributed by atoms with Gasteiger partial charge in [0.2, 0.25) is 5.91 Å². The quantitative estimate of drug-likeness (QED) is 0.889. The molecule has 2 saturated heterocycles. The second-order valence-corrected chi connectivity index (χ2v) is 6.14. The molecule has 0 spiro atoms. The molecule has 1 aromatic rings. The van der Waals surface area contributed by atoms with E-state index in [-0.39, 0.29) is 18.0 Å². The van der Waals surface area contributed by atoms with Gasteiger partial charge in [-0.05, 0) is 44.2 Å². The van der Waals surface area contributed by atoms with Crippen LogP contribution in [-0.4, -0.2) is 41.1 Å². The maximum absolute atomic E-state index is 12.6. The van der Waals surface area contributed by atoms with E-state index in [1.807, 2.05) is 35.2 Å². The van der Waals surface area contributed by atoms with Gasteiger partial charge in [-0.15, -0.1) is 0 Å². The Hall–Kier alpha value is -1.39. The number of hydrogen-bond donors (Lipinski definition) is 2. The first kappa shape index (κ1) is 14.5. The average molecular weight is 288 g/mol. The third-order valence-corrected chi connectivity index (χ3v) is 4.70. The fourth-order valence-corrected chi connectivity index (χ4v) is 3.54. The maximum atomic E-state index is 12.6. The average Bonchev–Trinajstić information content (AvgIpc) is 3.19. The summed E-state index contributed by atoms with van der Waals surface area (Å²) in [6.07, 6.45) is 4.24. The molecular weight excluding hydrogens is 264 g/mol. The van der Waals surface area contributed by atoms with Crippen molar-refractivity contribution in [1.82, 2.24) is 10.2 Å². The van der Waals surface area contributed by atoms with Crippen LogP contribution in [0.3, 0.4) is 0 Å². The summed E-state index contributed by atoms with van der Waals surface area (Å²) in [7, 11) is 0. The van der Waals surface area contributed by atoms with E-state index in [0.717, 1.165) is 44.3 Å². The molecule has 2 aliphatic rings. The third kappa shape index (κ3) is 3.27. The Bertz CT molecular complexity index is 471. The minimum atomic E-state index is -0.485. The molecule has 21 heavy (non-hydrogen) atoms. The molecule has 0 aliphatic carbocycles. The van der Waals surface area contributed by atoms with Crippen LogP contribution in [0, 0.1) is 0 Å².